The van der Waals surface area contributed by atoms with Crippen molar-refractivity contribution < 1.29 is 0 Å². The van der Waals surface area contributed by atoms with Crippen LogP contribution < -0.4 is 5.32 Å². The first-order chi connectivity index (χ1) is 4.90. The zero-order valence-corrected chi connectivity index (χ0v) is 6.86. The van der Waals surface area contributed by atoms with Crippen molar-refractivity contribution >= 4 is 11.8 Å². The fourth-order valence-electron chi connectivity index (χ4n) is 2.75. The van der Waals surface area contributed by atoms with Crippen LogP contribution in [-0.2, 0) is 0 Å². The Morgan fingerprint density at radius 2 is 1.40 bits per heavy atom. The van der Waals surface area contributed by atoms with Gasteiger partial charge in [-0.2, -0.15) is 11.8 Å². The lowest BCUT2D eigenvalue weighted by Crippen LogP contribution is -2.56. The van der Waals surface area contributed by atoms with Crippen molar-refractivity contribution in [1.82, 2.24) is 5.32 Å². The van der Waals surface area contributed by atoms with Crippen LogP contribution in [0.15, 0.2) is 0 Å². The first-order valence-corrected chi connectivity index (χ1v) is 5.26. The number of hydrogen-bond donors (Lipinski definition) is 1. The average Bonchev–Trinajstić information content (AvgIpc) is 1.82. The molecule has 4 saturated heterocycles. The third kappa shape index (κ3) is 0.751. The third-order valence-corrected chi connectivity index (χ3v) is 4.59. The standard InChI is InChI=1S/C8H13NS/c1-5-2-8-4-6(9-5)3-7(1)10-8/h5-9H,1-4H2. The molecule has 0 aromatic heterocycles. The summed E-state index contributed by atoms with van der Waals surface area (Å²) in [7, 11) is 0. The second kappa shape index (κ2) is 1.92. The van der Waals surface area contributed by atoms with Gasteiger partial charge < -0.3 is 5.32 Å². The van der Waals surface area contributed by atoms with Gasteiger partial charge in [-0.05, 0) is 25.7 Å². The summed E-state index contributed by atoms with van der Waals surface area (Å²) in [6.45, 7) is 0. The topological polar surface area (TPSA) is 12.0 Å². The molecule has 4 fully saturated rings. The summed E-state index contributed by atoms with van der Waals surface area (Å²) in [5.74, 6) is 0. The second-order valence-corrected chi connectivity index (χ2v) is 5.49. The van der Waals surface area contributed by atoms with E-state index in [1.165, 1.54) is 25.7 Å². The van der Waals surface area contributed by atoms with Crippen LogP contribution in [0.1, 0.15) is 25.7 Å². The van der Waals surface area contributed by atoms with Crippen LogP contribution in [0, 0.1) is 0 Å². The Morgan fingerprint density at radius 3 is 1.80 bits per heavy atom. The van der Waals surface area contributed by atoms with Crippen LogP contribution in [0.5, 0.6) is 0 Å². The van der Waals surface area contributed by atoms with Gasteiger partial charge in [0.15, 0.2) is 0 Å². The molecule has 0 unspecified atom stereocenters. The molecule has 4 rings (SSSR count). The Morgan fingerprint density at radius 1 is 0.900 bits per heavy atom. The highest BCUT2D eigenvalue weighted by atomic mass is 32.2. The zero-order chi connectivity index (χ0) is 6.55. The molecular formula is C8H13NS. The largest absolute Gasteiger partial charge is 0.311 e. The highest BCUT2D eigenvalue weighted by molar-refractivity contribution is 8.00. The minimum atomic E-state index is 0.906. The molecule has 1 nitrogen and oxygen atoms in total. The molecule has 4 aliphatic rings. The summed E-state index contributed by atoms with van der Waals surface area (Å²) >= 11 is 2.27. The number of hydrogen-bond acceptors (Lipinski definition) is 2. The quantitative estimate of drug-likeness (QED) is 0.567. The van der Waals surface area contributed by atoms with E-state index >= 15 is 0 Å². The number of thioether (sulfide) groups is 1. The lowest BCUT2D eigenvalue weighted by atomic mass is 9.85. The van der Waals surface area contributed by atoms with Gasteiger partial charge in [0.25, 0.3) is 0 Å². The third-order valence-electron chi connectivity index (χ3n) is 3.05. The molecule has 2 heteroatoms. The molecule has 0 aromatic carbocycles. The maximum Gasteiger partial charge on any atom is 0.00907 e. The predicted octanol–water partition coefficient (Wildman–Crippen LogP) is 1.38. The van der Waals surface area contributed by atoms with Gasteiger partial charge in [0.05, 0.1) is 0 Å². The minimum Gasteiger partial charge on any atom is -0.311 e. The van der Waals surface area contributed by atoms with E-state index in [2.05, 4.69) is 17.1 Å². The van der Waals surface area contributed by atoms with Crippen molar-refractivity contribution in [2.75, 3.05) is 0 Å². The highest BCUT2D eigenvalue weighted by Crippen LogP contribution is 2.45. The number of nitrogens with one attached hydrogen (secondary N) is 1. The zero-order valence-electron chi connectivity index (χ0n) is 6.05. The monoisotopic (exact) mass is 155 g/mol. The van der Waals surface area contributed by atoms with Gasteiger partial charge in [0.1, 0.15) is 0 Å². The molecule has 0 aromatic rings. The smallest absolute Gasteiger partial charge is 0.00907 e. The summed E-state index contributed by atoms with van der Waals surface area (Å²) in [6, 6.07) is 1.81. The molecule has 56 valence electrons. The fraction of sp³-hybridized carbons (Fsp3) is 1.00. The molecule has 10 heavy (non-hydrogen) atoms. The van der Waals surface area contributed by atoms with Crippen molar-refractivity contribution in [1.29, 1.82) is 0 Å². The van der Waals surface area contributed by atoms with Crippen LogP contribution in [-0.4, -0.2) is 22.6 Å². The van der Waals surface area contributed by atoms with Crippen molar-refractivity contribution in [3.63, 3.8) is 0 Å². The molecule has 0 atom stereocenters. The number of piperidine rings is 2. The van der Waals surface area contributed by atoms with E-state index in [9.17, 15) is 0 Å². The maximum absolute atomic E-state index is 3.70. The molecule has 0 spiro atoms. The Bertz CT molecular complexity index is 101. The van der Waals surface area contributed by atoms with Crippen LogP contribution in [0.25, 0.3) is 0 Å². The molecule has 4 bridgehead atoms. The molecule has 0 radical (unpaired) electrons. The summed E-state index contributed by atoms with van der Waals surface area (Å²) < 4.78 is 0. The van der Waals surface area contributed by atoms with Crippen LogP contribution in [0.2, 0.25) is 0 Å². The lowest BCUT2D eigenvalue weighted by Gasteiger charge is -2.49. The normalized spacial score (nSPS) is 57.6. The van der Waals surface area contributed by atoms with Gasteiger partial charge in [-0.15, -0.1) is 0 Å². The van der Waals surface area contributed by atoms with E-state index < -0.39 is 0 Å². The summed E-state index contributed by atoms with van der Waals surface area (Å²) in [5.41, 5.74) is 0. The molecule has 0 saturated carbocycles. The molecule has 0 amide bonds. The fourth-order valence-corrected chi connectivity index (χ4v) is 4.67. The highest BCUT2D eigenvalue weighted by Gasteiger charge is 2.42. The summed E-state index contributed by atoms with van der Waals surface area (Å²) in [5, 5.41) is 5.76. The molecule has 4 aliphatic heterocycles. The van der Waals surface area contributed by atoms with Crippen LogP contribution in [0.4, 0.5) is 0 Å². The van der Waals surface area contributed by atoms with E-state index in [4.69, 9.17) is 0 Å². The van der Waals surface area contributed by atoms with Gasteiger partial charge in [0, 0.05) is 22.6 Å². The van der Waals surface area contributed by atoms with E-state index in [0.29, 0.717) is 0 Å². The predicted molar refractivity (Wildman–Crippen MR) is 44.3 cm³/mol. The van der Waals surface area contributed by atoms with Crippen molar-refractivity contribution in [2.45, 2.75) is 48.3 Å². The van der Waals surface area contributed by atoms with E-state index in [-0.39, 0.29) is 0 Å². The van der Waals surface area contributed by atoms with Gasteiger partial charge >= 0.3 is 0 Å². The summed E-state index contributed by atoms with van der Waals surface area (Å²) in [6.07, 6.45) is 5.82. The Kier molecular flexibility index (Phi) is 1.13. The van der Waals surface area contributed by atoms with Crippen LogP contribution >= 0.6 is 11.8 Å². The van der Waals surface area contributed by atoms with Crippen molar-refractivity contribution in [3.8, 4) is 0 Å². The van der Waals surface area contributed by atoms with Crippen molar-refractivity contribution in [3.05, 3.63) is 0 Å². The first kappa shape index (κ1) is 5.90. The lowest BCUT2D eigenvalue weighted by molar-refractivity contribution is 0.237. The number of rotatable bonds is 0. The Hall–Kier alpha value is 0.310. The molecular weight excluding hydrogens is 142 g/mol. The van der Waals surface area contributed by atoms with Crippen molar-refractivity contribution in [2.24, 2.45) is 0 Å². The molecule has 4 heterocycles. The van der Waals surface area contributed by atoms with E-state index in [0.717, 1.165) is 22.6 Å². The average molecular weight is 155 g/mol. The summed E-state index contributed by atoms with van der Waals surface area (Å²) in [4.78, 5) is 0. The minimum absolute atomic E-state index is 0.906. The molecule has 0 aliphatic carbocycles. The Balaban J connectivity index is 1.90. The van der Waals surface area contributed by atoms with Gasteiger partial charge in [-0.25, -0.2) is 0 Å². The SMILES string of the molecule is C1C2CC3CC(CC1S3)N2. The van der Waals surface area contributed by atoms with E-state index in [1.54, 1.807) is 0 Å². The second-order valence-electron chi connectivity index (χ2n) is 3.88. The van der Waals surface area contributed by atoms with Gasteiger partial charge in [-0.1, -0.05) is 0 Å². The maximum atomic E-state index is 3.70. The van der Waals surface area contributed by atoms with Gasteiger partial charge in [-0.3, -0.25) is 0 Å². The molecule has 1 N–H and O–H groups in total. The van der Waals surface area contributed by atoms with E-state index in [1.807, 2.05) is 0 Å². The van der Waals surface area contributed by atoms with Crippen LogP contribution in [0.3, 0.4) is 0 Å². The Labute approximate surface area is 65.9 Å². The first-order valence-electron chi connectivity index (χ1n) is 4.31. The van der Waals surface area contributed by atoms with Gasteiger partial charge in [0.2, 0.25) is 0 Å².